The van der Waals surface area contributed by atoms with Crippen LogP contribution in [0.2, 0.25) is 0 Å². The van der Waals surface area contributed by atoms with Gasteiger partial charge in [-0.05, 0) is 30.5 Å². The average molecular weight is 374 g/mol. The number of nitrogens with one attached hydrogen (secondary N) is 2. The molecule has 0 aliphatic carbocycles. The zero-order valence-corrected chi connectivity index (χ0v) is 16.2. The molecule has 1 unspecified atom stereocenters. The predicted octanol–water partition coefficient (Wildman–Crippen LogP) is 2.65. The van der Waals surface area contributed by atoms with E-state index in [0.717, 1.165) is 13.0 Å². The van der Waals surface area contributed by atoms with E-state index in [4.69, 9.17) is 0 Å². The van der Waals surface area contributed by atoms with E-state index in [-0.39, 0.29) is 11.8 Å². The van der Waals surface area contributed by atoms with Crippen molar-refractivity contribution in [1.82, 2.24) is 10.6 Å². The van der Waals surface area contributed by atoms with E-state index in [2.05, 4.69) is 27.8 Å². The second kappa shape index (κ2) is 9.97. The molecule has 2 aromatic rings. The Hall–Kier alpha value is -2.34. The van der Waals surface area contributed by atoms with Gasteiger partial charge in [-0.2, -0.15) is 0 Å². The van der Waals surface area contributed by atoms with Crippen LogP contribution in [0.25, 0.3) is 0 Å². The molecule has 6 heteroatoms. The van der Waals surface area contributed by atoms with Gasteiger partial charge in [0, 0.05) is 19.6 Å². The van der Waals surface area contributed by atoms with Gasteiger partial charge in [0.1, 0.15) is 0 Å². The van der Waals surface area contributed by atoms with E-state index in [0.29, 0.717) is 17.3 Å². The SMILES string of the molecule is CCC(CS(=O)(=O)c1ccccc1)NC(=NC)NCCc1ccccc1. The van der Waals surface area contributed by atoms with E-state index in [9.17, 15) is 8.42 Å². The van der Waals surface area contributed by atoms with Crippen molar-refractivity contribution in [3.63, 3.8) is 0 Å². The van der Waals surface area contributed by atoms with Crippen LogP contribution in [-0.2, 0) is 16.3 Å². The Labute approximate surface area is 156 Å². The minimum Gasteiger partial charge on any atom is -0.356 e. The molecule has 0 saturated heterocycles. The lowest BCUT2D eigenvalue weighted by Crippen LogP contribution is -2.46. The van der Waals surface area contributed by atoms with E-state index in [1.807, 2.05) is 31.2 Å². The summed E-state index contributed by atoms with van der Waals surface area (Å²) < 4.78 is 25.1. The molecule has 0 aliphatic heterocycles. The van der Waals surface area contributed by atoms with Crippen molar-refractivity contribution in [3.05, 3.63) is 66.2 Å². The third kappa shape index (κ3) is 6.19. The number of hydrogen-bond donors (Lipinski definition) is 2. The molecule has 0 spiro atoms. The third-order valence-corrected chi connectivity index (χ3v) is 5.96. The molecule has 5 nitrogen and oxygen atoms in total. The second-order valence-electron chi connectivity index (χ2n) is 6.08. The number of aliphatic imine (C=N–C) groups is 1. The fourth-order valence-electron chi connectivity index (χ4n) is 2.61. The lowest BCUT2D eigenvalue weighted by molar-refractivity contribution is 0.569. The van der Waals surface area contributed by atoms with Gasteiger partial charge in [-0.25, -0.2) is 8.42 Å². The molecule has 0 radical (unpaired) electrons. The van der Waals surface area contributed by atoms with Crippen molar-refractivity contribution in [2.45, 2.75) is 30.7 Å². The van der Waals surface area contributed by atoms with Gasteiger partial charge in [0.05, 0.1) is 10.6 Å². The van der Waals surface area contributed by atoms with Gasteiger partial charge in [0.25, 0.3) is 0 Å². The standard InChI is InChI=1S/C20H27N3O2S/c1-3-18(16-26(24,25)19-12-8-5-9-13-19)23-20(21-2)22-15-14-17-10-6-4-7-11-17/h4-13,18H,3,14-16H2,1-2H3,(H2,21,22,23). The number of sulfone groups is 1. The zero-order chi connectivity index (χ0) is 18.8. The summed E-state index contributed by atoms with van der Waals surface area (Å²) in [5.41, 5.74) is 1.24. The Balaban J connectivity index is 1.90. The summed E-state index contributed by atoms with van der Waals surface area (Å²) in [6.07, 6.45) is 1.56. The van der Waals surface area contributed by atoms with Crippen LogP contribution in [0.5, 0.6) is 0 Å². The van der Waals surface area contributed by atoms with Gasteiger partial charge in [-0.15, -0.1) is 0 Å². The van der Waals surface area contributed by atoms with E-state index < -0.39 is 9.84 Å². The molecular weight excluding hydrogens is 346 g/mol. The summed E-state index contributed by atoms with van der Waals surface area (Å²) >= 11 is 0. The minimum absolute atomic E-state index is 0.0346. The number of hydrogen-bond acceptors (Lipinski definition) is 3. The number of guanidine groups is 1. The van der Waals surface area contributed by atoms with Gasteiger partial charge in [0.15, 0.2) is 15.8 Å². The topological polar surface area (TPSA) is 70.6 Å². The van der Waals surface area contributed by atoms with Crippen molar-refractivity contribution >= 4 is 15.8 Å². The van der Waals surface area contributed by atoms with Gasteiger partial charge in [-0.3, -0.25) is 4.99 Å². The summed E-state index contributed by atoms with van der Waals surface area (Å²) in [5, 5.41) is 6.48. The van der Waals surface area contributed by atoms with Crippen molar-refractivity contribution in [2.24, 2.45) is 4.99 Å². The van der Waals surface area contributed by atoms with Crippen LogP contribution in [0.3, 0.4) is 0 Å². The Morgan fingerprint density at radius 2 is 1.65 bits per heavy atom. The highest BCUT2D eigenvalue weighted by molar-refractivity contribution is 7.91. The lowest BCUT2D eigenvalue weighted by Gasteiger charge is -2.20. The minimum atomic E-state index is -3.33. The maximum atomic E-state index is 12.6. The first-order chi connectivity index (χ1) is 12.5. The Morgan fingerprint density at radius 1 is 1.04 bits per heavy atom. The molecule has 2 N–H and O–H groups in total. The van der Waals surface area contributed by atoms with Gasteiger partial charge in [-0.1, -0.05) is 55.5 Å². The van der Waals surface area contributed by atoms with Crippen LogP contribution in [-0.4, -0.2) is 39.8 Å². The molecule has 140 valence electrons. The lowest BCUT2D eigenvalue weighted by atomic mass is 10.1. The summed E-state index contributed by atoms with van der Waals surface area (Å²) in [6.45, 7) is 2.70. The first-order valence-electron chi connectivity index (χ1n) is 8.84. The van der Waals surface area contributed by atoms with E-state index >= 15 is 0 Å². The van der Waals surface area contributed by atoms with Gasteiger partial charge < -0.3 is 10.6 Å². The van der Waals surface area contributed by atoms with Gasteiger partial charge >= 0.3 is 0 Å². The highest BCUT2D eigenvalue weighted by Gasteiger charge is 2.20. The molecule has 2 aromatic carbocycles. The number of nitrogens with zero attached hydrogens (tertiary/aromatic N) is 1. The van der Waals surface area contributed by atoms with Crippen LogP contribution in [0, 0.1) is 0 Å². The Bertz CT molecular complexity index is 790. The average Bonchev–Trinajstić information content (AvgIpc) is 2.67. The summed E-state index contributed by atoms with van der Waals surface area (Å²) in [5.74, 6) is 0.656. The molecule has 0 amide bonds. The molecular formula is C20H27N3O2S. The summed E-state index contributed by atoms with van der Waals surface area (Å²) in [6, 6.07) is 18.6. The molecule has 2 rings (SSSR count). The van der Waals surface area contributed by atoms with Crippen molar-refractivity contribution < 1.29 is 8.42 Å². The van der Waals surface area contributed by atoms with Crippen LogP contribution < -0.4 is 10.6 Å². The quantitative estimate of drug-likeness (QED) is 0.551. The number of rotatable bonds is 8. The van der Waals surface area contributed by atoms with Crippen molar-refractivity contribution in [2.75, 3.05) is 19.3 Å². The predicted molar refractivity (Wildman–Crippen MR) is 107 cm³/mol. The van der Waals surface area contributed by atoms with Gasteiger partial charge in [0.2, 0.25) is 0 Å². The molecule has 0 bridgehead atoms. The van der Waals surface area contributed by atoms with E-state index in [1.54, 1.807) is 31.3 Å². The zero-order valence-electron chi connectivity index (χ0n) is 15.4. The van der Waals surface area contributed by atoms with Crippen molar-refractivity contribution in [1.29, 1.82) is 0 Å². The van der Waals surface area contributed by atoms with Crippen LogP contribution in [0.4, 0.5) is 0 Å². The molecule has 0 aliphatic rings. The molecule has 1 atom stereocenters. The fraction of sp³-hybridized carbons (Fsp3) is 0.350. The maximum absolute atomic E-state index is 12.6. The molecule has 0 heterocycles. The normalized spacial score (nSPS) is 13.2. The summed E-state index contributed by atoms with van der Waals surface area (Å²) in [7, 11) is -1.64. The van der Waals surface area contributed by atoms with Crippen molar-refractivity contribution in [3.8, 4) is 0 Å². The third-order valence-electron chi connectivity index (χ3n) is 4.13. The first kappa shape index (κ1) is 20.0. The summed E-state index contributed by atoms with van der Waals surface area (Å²) in [4.78, 5) is 4.56. The second-order valence-corrected chi connectivity index (χ2v) is 8.11. The van der Waals surface area contributed by atoms with E-state index in [1.165, 1.54) is 5.56 Å². The van der Waals surface area contributed by atoms with Crippen LogP contribution >= 0.6 is 0 Å². The Morgan fingerprint density at radius 3 is 2.23 bits per heavy atom. The highest BCUT2D eigenvalue weighted by Crippen LogP contribution is 2.12. The molecule has 26 heavy (non-hydrogen) atoms. The maximum Gasteiger partial charge on any atom is 0.191 e. The monoisotopic (exact) mass is 373 g/mol. The van der Waals surface area contributed by atoms with Crippen LogP contribution in [0.15, 0.2) is 70.6 Å². The molecule has 0 saturated carbocycles. The smallest absolute Gasteiger partial charge is 0.191 e. The highest BCUT2D eigenvalue weighted by atomic mass is 32.2. The molecule has 0 aromatic heterocycles. The largest absolute Gasteiger partial charge is 0.356 e. The molecule has 0 fully saturated rings. The number of benzene rings is 2. The first-order valence-corrected chi connectivity index (χ1v) is 10.5. The fourth-order valence-corrected chi connectivity index (χ4v) is 4.22. The van der Waals surface area contributed by atoms with Crippen LogP contribution in [0.1, 0.15) is 18.9 Å². The Kier molecular flexibility index (Phi) is 7.66.